The van der Waals surface area contributed by atoms with Gasteiger partial charge in [0.25, 0.3) is 5.91 Å². The number of carboxylic acids is 1. The lowest BCUT2D eigenvalue weighted by Gasteiger charge is -2.11. The summed E-state index contributed by atoms with van der Waals surface area (Å²) < 4.78 is 15.5. The molecule has 2 aromatic carbocycles. The Kier molecular flexibility index (Phi) is 5.82. The minimum atomic E-state index is -1.09. The van der Waals surface area contributed by atoms with Gasteiger partial charge in [-0.1, -0.05) is 6.07 Å². The number of fused-ring (bicyclic) bond motifs is 1. The summed E-state index contributed by atoms with van der Waals surface area (Å²) in [5, 5.41) is 11.5. The van der Waals surface area contributed by atoms with E-state index in [1.54, 1.807) is 42.5 Å². The minimum absolute atomic E-state index is 0.326. The fraction of sp³-hybridized carbons (Fsp3) is 0.190. The summed E-state index contributed by atoms with van der Waals surface area (Å²) in [6.45, 7) is 1.76. The predicted octanol–water partition coefficient (Wildman–Crippen LogP) is 2.83. The lowest BCUT2D eigenvalue weighted by molar-refractivity contribution is -0.139. The first-order valence-corrected chi connectivity index (χ1v) is 8.80. The Balaban J connectivity index is 2.01. The van der Waals surface area contributed by atoms with Crippen LogP contribution in [0.5, 0.6) is 11.5 Å². The highest BCUT2D eigenvalue weighted by atomic mass is 16.5. The summed E-state index contributed by atoms with van der Waals surface area (Å²) in [6.07, 6.45) is 1.64. The molecule has 1 heterocycles. The second-order valence-corrected chi connectivity index (χ2v) is 6.08. The molecule has 150 valence electrons. The molecule has 3 rings (SSSR count). The molecule has 0 bridgehead atoms. The van der Waals surface area contributed by atoms with Crippen LogP contribution < -0.4 is 14.8 Å². The van der Waals surface area contributed by atoms with Crippen molar-refractivity contribution in [2.75, 3.05) is 25.6 Å². The van der Waals surface area contributed by atoms with Gasteiger partial charge < -0.3 is 24.6 Å². The van der Waals surface area contributed by atoms with Crippen LogP contribution in [0, 0.1) is 0 Å². The van der Waals surface area contributed by atoms with E-state index in [2.05, 4.69) is 5.32 Å². The number of rotatable bonds is 7. The van der Waals surface area contributed by atoms with Crippen LogP contribution in [-0.2, 0) is 14.3 Å². The highest BCUT2D eigenvalue weighted by molar-refractivity contribution is 6.35. The Labute approximate surface area is 166 Å². The fourth-order valence-electron chi connectivity index (χ4n) is 2.90. The fourth-order valence-corrected chi connectivity index (χ4v) is 2.90. The zero-order valence-corrected chi connectivity index (χ0v) is 15.9. The van der Waals surface area contributed by atoms with E-state index in [4.69, 9.17) is 19.3 Å². The van der Waals surface area contributed by atoms with Crippen molar-refractivity contribution in [3.63, 3.8) is 0 Å². The average molecular weight is 397 g/mol. The summed E-state index contributed by atoms with van der Waals surface area (Å²) in [4.78, 5) is 35.0. The minimum Gasteiger partial charge on any atom is -0.493 e. The summed E-state index contributed by atoms with van der Waals surface area (Å²) in [7, 11) is 1.29. The van der Waals surface area contributed by atoms with E-state index in [9.17, 15) is 14.4 Å². The Hall–Kier alpha value is -3.81. The number of carboxylic acid groups (broad SMARTS) is 1. The number of amides is 1. The van der Waals surface area contributed by atoms with Crippen LogP contribution in [0.15, 0.2) is 36.4 Å². The molecule has 1 aliphatic rings. The van der Waals surface area contributed by atoms with Gasteiger partial charge in [-0.2, -0.15) is 0 Å². The summed E-state index contributed by atoms with van der Waals surface area (Å²) >= 11 is 0. The van der Waals surface area contributed by atoms with E-state index < -0.39 is 18.5 Å². The molecule has 2 aromatic rings. The second kappa shape index (κ2) is 8.47. The van der Waals surface area contributed by atoms with Crippen LogP contribution in [0.3, 0.4) is 0 Å². The SMILES string of the molecule is CCOc1ccc(OCC(=O)O)cc1/C=C1/C(=O)Nc2cc(C(=O)OC)ccc21. The van der Waals surface area contributed by atoms with Crippen LogP contribution in [-0.4, -0.2) is 43.3 Å². The van der Waals surface area contributed by atoms with Crippen molar-refractivity contribution < 1.29 is 33.7 Å². The zero-order valence-electron chi connectivity index (χ0n) is 15.9. The number of carbonyl (C=O) groups is 3. The number of hydrogen-bond donors (Lipinski definition) is 2. The van der Waals surface area contributed by atoms with Crippen molar-refractivity contribution >= 4 is 35.2 Å². The van der Waals surface area contributed by atoms with Gasteiger partial charge in [0.1, 0.15) is 11.5 Å². The van der Waals surface area contributed by atoms with E-state index >= 15 is 0 Å². The molecule has 0 aromatic heterocycles. The molecular formula is C21H19NO7. The lowest BCUT2D eigenvalue weighted by atomic mass is 10.0. The van der Waals surface area contributed by atoms with Crippen molar-refractivity contribution in [1.82, 2.24) is 0 Å². The maximum atomic E-state index is 12.5. The molecular weight excluding hydrogens is 378 g/mol. The van der Waals surface area contributed by atoms with Crippen molar-refractivity contribution in [2.24, 2.45) is 0 Å². The van der Waals surface area contributed by atoms with Crippen molar-refractivity contribution in [3.05, 3.63) is 53.1 Å². The molecule has 0 spiro atoms. The van der Waals surface area contributed by atoms with E-state index in [-0.39, 0.29) is 5.91 Å². The number of esters is 1. The average Bonchev–Trinajstić information content (AvgIpc) is 3.01. The quantitative estimate of drug-likeness (QED) is 0.546. The summed E-state index contributed by atoms with van der Waals surface area (Å²) in [6, 6.07) is 9.65. The molecule has 1 amide bonds. The maximum absolute atomic E-state index is 12.5. The molecule has 0 saturated heterocycles. The Morgan fingerprint density at radius 3 is 2.62 bits per heavy atom. The maximum Gasteiger partial charge on any atom is 0.341 e. The molecule has 0 fully saturated rings. The molecule has 1 aliphatic heterocycles. The van der Waals surface area contributed by atoms with Gasteiger partial charge in [-0.05, 0) is 43.3 Å². The van der Waals surface area contributed by atoms with Crippen LogP contribution in [0.25, 0.3) is 11.6 Å². The first-order chi connectivity index (χ1) is 13.9. The molecule has 8 nitrogen and oxygen atoms in total. The summed E-state index contributed by atoms with van der Waals surface area (Å²) in [5.74, 6) is -1.07. The summed E-state index contributed by atoms with van der Waals surface area (Å²) in [5.41, 5.74) is 2.40. The highest BCUT2D eigenvalue weighted by Gasteiger charge is 2.26. The van der Waals surface area contributed by atoms with Gasteiger partial charge in [-0.25, -0.2) is 9.59 Å². The molecule has 0 radical (unpaired) electrons. The number of nitrogens with one attached hydrogen (secondary N) is 1. The van der Waals surface area contributed by atoms with Gasteiger partial charge in [0.2, 0.25) is 0 Å². The predicted molar refractivity (Wildman–Crippen MR) is 105 cm³/mol. The molecule has 0 unspecified atom stereocenters. The number of carbonyl (C=O) groups excluding carboxylic acids is 2. The number of benzene rings is 2. The number of hydrogen-bond acceptors (Lipinski definition) is 6. The van der Waals surface area contributed by atoms with Crippen LogP contribution in [0.4, 0.5) is 5.69 Å². The van der Waals surface area contributed by atoms with Crippen molar-refractivity contribution in [2.45, 2.75) is 6.92 Å². The Morgan fingerprint density at radius 1 is 1.14 bits per heavy atom. The van der Waals surface area contributed by atoms with E-state index in [1.807, 2.05) is 6.92 Å². The van der Waals surface area contributed by atoms with E-state index in [0.717, 1.165) is 0 Å². The topological polar surface area (TPSA) is 111 Å². The molecule has 0 aliphatic carbocycles. The smallest absolute Gasteiger partial charge is 0.341 e. The van der Waals surface area contributed by atoms with E-state index in [1.165, 1.54) is 7.11 Å². The largest absolute Gasteiger partial charge is 0.493 e. The number of ether oxygens (including phenoxy) is 3. The first-order valence-electron chi connectivity index (χ1n) is 8.80. The van der Waals surface area contributed by atoms with Crippen molar-refractivity contribution in [3.8, 4) is 11.5 Å². The van der Waals surface area contributed by atoms with Gasteiger partial charge in [0.15, 0.2) is 6.61 Å². The van der Waals surface area contributed by atoms with Crippen molar-refractivity contribution in [1.29, 1.82) is 0 Å². The van der Waals surface area contributed by atoms with Crippen LogP contribution in [0.2, 0.25) is 0 Å². The first kappa shape index (κ1) is 19.9. The second-order valence-electron chi connectivity index (χ2n) is 6.08. The van der Waals surface area contributed by atoms with Gasteiger partial charge >= 0.3 is 11.9 Å². The molecule has 8 heteroatoms. The normalized spacial score (nSPS) is 13.6. The van der Waals surface area contributed by atoms with Gasteiger partial charge in [0, 0.05) is 22.4 Å². The Bertz CT molecular complexity index is 1010. The third-order valence-electron chi connectivity index (χ3n) is 4.17. The molecule has 0 saturated carbocycles. The third kappa shape index (κ3) is 4.37. The highest BCUT2D eigenvalue weighted by Crippen LogP contribution is 2.36. The van der Waals surface area contributed by atoms with E-state index in [0.29, 0.717) is 46.1 Å². The van der Waals surface area contributed by atoms with Gasteiger partial charge in [-0.3, -0.25) is 4.79 Å². The number of methoxy groups -OCH3 is 1. The molecule has 29 heavy (non-hydrogen) atoms. The monoisotopic (exact) mass is 397 g/mol. The number of anilines is 1. The Morgan fingerprint density at radius 2 is 1.93 bits per heavy atom. The lowest BCUT2D eigenvalue weighted by Crippen LogP contribution is -2.09. The zero-order chi connectivity index (χ0) is 21.0. The standard InChI is InChI=1S/C21H19NO7/c1-3-28-18-7-5-14(29-11-19(23)24)8-13(18)9-16-15-6-4-12(21(26)27-2)10-17(15)22-20(16)25/h4-10H,3,11H2,1-2H3,(H,22,25)(H,23,24)/b16-9+. The van der Waals surface area contributed by atoms with Crippen LogP contribution in [0.1, 0.15) is 28.4 Å². The molecule has 2 N–H and O–H groups in total. The van der Waals surface area contributed by atoms with Gasteiger partial charge in [-0.15, -0.1) is 0 Å². The molecule has 0 atom stereocenters. The third-order valence-corrected chi connectivity index (χ3v) is 4.17. The van der Waals surface area contributed by atoms with Crippen LogP contribution >= 0.6 is 0 Å². The number of aliphatic carboxylic acids is 1. The van der Waals surface area contributed by atoms with Gasteiger partial charge in [0.05, 0.1) is 19.3 Å².